The predicted molar refractivity (Wildman–Crippen MR) is 95.0 cm³/mol. The van der Waals surface area contributed by atoms with Gasteiger partial charge in [0.25, 0.3) is 0 Å². The smallest absolute Gasteiger partial charge is 0.126 e. The van der Waals surface area contributed by atoms with E-state index < -0.39 is 0 Å². The van der Waals surface area contributed by atoms with Gasteiger partial charge < -0.3 is 5.11 Å². The number of aryl methyl sites for hydroxylation is 2. The third-order valence-electron chi connectivity index (χ3n) is 5.51. The minimum atomic E-state index is 0.473. The van der Waals surface area contributed by atoms with Crippen molar-refractivity contribution in [3.63, 3.8) is 0 Å². The first-order chi connectivity index (χ1) is 11.1. The average molecular weight is 307 g/mol. The van der Waals surface area contributed by atoms with Crippen LogP contribution in [0.25, 0.3) is 11.1 Å². The molecule has 2 heteroatoms. The first-order valence-corrected chi connectivity index (χ1v) is 8.79. The van der Waals surface area contributed by atoms with Crippen LogP contribution in [0.1, 0.15) is 47.2 Å². The molecule has 0 fully saturated rings. The van der Waals surface area contributed by atoms with Crippen molar-refractivity contribution in [2.75, 3.05) is 13.1 Å². The van der Waals surface area contributed by atoms with Crippen LogP contribution in [0.4, 0.5) is 0 Å². The van der Waals surface area contributed by atoms with Gasteiger partial charge in [-0.1, -0.05) is 36.8 Å². The van der Waals surface area contributed by atoms with Gasteiger partial charge in [0, 0.05) is 18.2 Å². The fourth-order valence-electron chi connectivity index (χ4n) is 4.48. The van der Waals surface area contributed by atoms with Crippen molar-refractivity contribution in [3.05, 3.63) is 52.1 Å². The van der Waals surface area contributed by atoms with E-state index in [0.717, 1.165) is 37.1 Å². The van der Waals surface area contributed by atoms with Crippen LogP contribution in [-0.4, -0.2) is 23.1 Å². The highest BCUT2D eigenvalue weighted by molar-refractivity contribution is 5.81. The lowest BCUT2D eigenvalue weighted by molar-refractivity contribution is 0.183. The van der Waals surface area contributed by atoms with E-state index in [1.807, 2.05) is 6.92 Å². The van der Waals surface area contributed by atoms with Crippen LogP contribution in [0.5, 0.6) is 5.75 Å². The Hall–Kier alpha value is -1.80. The summed E-state index contributed by atoms with van der Waals surface area (Å²) in [4.78, 5) is 2.64. The molecule has 1 N–H and O–H groups in total. The van der Waals surface area contributed by atoms with Gasteiger partial charge in [0.05, 0.1) is 0 Å². The quantitative estimate of drug-likeness (QED) is 0.880. The Morgan fingerprint density at radius 3 is 2.78 bits per heavy atom. The maximum absolute atomic E-state index is 10.7. The summed E-state index contributed by atoms with van der Waals surface area (Å²) in [7, 11) is 0. The summed E-state index contributed by atoms with van der Waals surface area (Å²) < 4.78 is 0. The molecule has 1 atom stereocenters. The summed E-state index contributed by atoms with van der Waals surface area (Å²) in [5.41, 5.74) is 8.89. The van der Waals surface area contributed by atoms with Crippen LogP contribution in [0.3, 0.4) is 0 Å². The van der Waals surface area contributed by atoms with E-state index in [2.05, 4.69) is 43.0 Å². The highest BCUT2D eigenvalue weighted by Crippen LogP contribution is 2.49. The number of benzene rings is 2. The van der Waals surface area contributed by atoms with Crippen LogP contribution in [0.15, 0.2) is 24.3 Å². The second-order valence-corrected chi connectivity index (χ2v) is 7.16. The van der Waals surface area contributed by atoms with Crippen LogP contribution in [0, 0.1) is 13.8 Å². The zero-order valence-corrected chi connectivity index (χ0v) is 14.3. The van der Waals surface area contributed by atoms with Gasteiger partial charge in [-0.3, -0.25) is 4.90 Å². The van der Waals surface area contributed by atoms with Crippen molar-refractivity contribution in [3.8, 4) is 16.9 Å². The van der Waals surface area contributed by atoms with Crippen molar-refractivity contribution in [1.29, 1.82) is 0 Å². The first kappa shape index (κ1) is 14.8. The molecule has 1 heterocycles. The van der Waals surface area contributed by atoms with Gasteiger partial charge in [0.2, 0.25) is 0 Å². The normalized spacial score (nSPS) is 19.3. The van der Waals surface area contributed by atoms with Gasteiger partial charge in [0.1, 0.15) is 5.75 Å². The highest BCUT2D eigenvalue weighted by Gasteiger charge is 2.35. The van der Waals surface area contributed by atoms with Gasteiger partial charge in [-0.15, -0.1) is 0 Å². The van der Waals surface area contributed by atoms with Gasteiger partial charge in [-0.2, -0.15) is 0 Å². The summed E-state index contributed by atoms with van der Waals surface area (Å²) in [6.45, 7) is 8.74. The van der Waals surface area contributed by atoms with Gasteiger partial charge in [0.15, 0.2) is 0 Å². The van der Waals surface area contributed by atoms with Crippen molar-refractivity contribution >= 4 is 0 Å². The van der Waals surface area contributed by atoms with E-state index in [-0.39, 0.29) is 0 Å². The Balaban J connectivity index is 1.98. The van der Waals surface area contributed by atoms with E-state index in [1.165, 1.54) is 34.2 Å². The second-order valence-electron chi connectivity index (χ2n) is 7.16. The standard InChI is InChI=1S/C21H25NO/c1-4-8-22-9-7-16-10-13(2)11-17-19(16)18(22)12-15-6-5-14(3)21(23)20(15)17/h5-6,10-11,18,23H,4,7-9,12H2,1-3H3/t18-/m1/s1. The van der Waals surface area contributed by atoms with E-state index in [1.54, 1.807) is 0 Å². The molecular weight excluding hydrogens is 282 g/mol. The molecule has 23 heavy (non-hydrogen) atoms. The molecule has 1 aliphatic heterocycles. The number of hydrogen-bond acceptors (Lipinski definition) is 2. The maximum Gasteiger partial charge on any atom is 0.126 e. The molecule has 120 valence electrons. The summed E-state index contributed by atoms with van der Waals surface area (Å²) in [6.07, 6.45) is 3.34. The van der Waals surface area contributed by atoms with Crippen molar-refractivity contribution < 1.29 is 5.11 Å². The SMILES string of the molecule is CCCN1CCc2cc(C)cc3c2[C@H]1Cc1ccc(C)c(O)c1-3. The molecular formula is C21H25NO. The molecule has 0 aromatic heterocycles. The van der Waals surface area contributed by atoms with Crippen LogP contribution >= 0.6 is 0 Å². The average Bonchev–Trinajstić information content (AvgIpc) is 2.53. The number of hydrogen-bond donors (Lipinski definition) is 1. The minimum absolute atomic E-state index is 0.473. The van der Waals surface area contributed by atoms with Crippen LogP contribution in [0.2, 0.25) is 0 Å². The van der Waals surface area contributed by atoms with Gasteiger partial charge >= 0.3 is 0 Å². The fraction of sp³-hybridized carbons (Fsp3) is 0.429. The third kappa shape index (κ3) is 2.20. The van der Waals surface area contributed by atoms with Crippen molar-refractivity contribution in [2.24, 2.45) is 0 Å². The summed E-state index contributed by atoms with van der Waals surface area (Å²) >= 11 is 0. The molecule has 4 rings (SSSR count). The second kappa shape index (κ2) is 5.38. The Kier molecular flexibility index (Phi) is 3.46. The van der Waals surface area contributed by atoms with E-state index in [0.29, 0.717) is 11.8 Å². The molecule has 0 bridgehead atoms. The molecule has 0 radical (unpaired) electrons. The molecule has 2 aromatic rings. The monoisotopic (exact) mass is 307 g/mol. The summed E-state index contributed by atoms with van der Waals surface area (Å²) in [6, 6.07) is 9.38. The lowest BCUT2D eigenvalue weighted by Crippen LogP contribution is -2.39. The van der Waals surface area contributed by atoms with E-state index >= 15 is 0 Å². The number of rotatable bonds is 2. The Morgan fingerprint density at radius 2 is 2.00 bits per heavy atom. The first-order valence-electron chi connectivity index (χ1n) is 8.79. The molecule has 0 spiro atoms. The molecule has 0 saturated carbocycles. The van der Waals surface area contributed by atoms with Crippen molar-refractivity contribution in [1.82, 2.24) is 4.90 Å². The molecule has 2 nitrogen and oxygen atoms in total. The summed E-state index contributed by atoms with van der Waals surface area (Å²) in [5, 5.41) is 10.7. The lowest BCUT2D eigenvalue weighted by atomic mass is 9.75. The fourth-order valence-corrected chi connectivity index (χ4v) is 4.48. The van der Waals surface area contributed by atoms with Crippen LogP contribution in [-0.2, 0) is 12.8 Å². The molecule has 0 amide bonds. The number of fused-ring (bicyclic) bond motifs is 2. The lowest BCUT2D eigenvalue weighted by Gasteiger charge is -2.42. The topological polar surface area (TPSA) is 23.5 Å². The van der Waals surface area contributed by atoms with Gasteiger partial charge in [-0.05, 0) is 67.5 Å². The molecule has 1 aliphatic carbocycles. The Bertz CT molecular complexity index is 778. The summed E-state index contributed by atoms with van der Waals surface area (Å²) in [5.74, 6) is 0.473. The number of aromatic hydroxyl groups is 1. The zero-order chi connectivity index (χ0) is 16.1. The zero-order valence-electron chi connectivity index (χ0n) is 14.3. The maximum atomic E-state index is 10.7. The molecule has 0 unspecified atom stereocenters. The Labute approximate surface area is 138 Å². The van der Waals surface area contributed by atoms with E-state index in [4.69, 9.17) is 0 Å². The van der Waals surface area contributed by atoms with Crippen LogP contribution < -0.4 is 0 Å². The molecule has 2 aliphatic rings. The van der Waals surface area contributed by atoms with Crippen molar-refractivity contribution in [2.45, 2.75) is 46.1 Å². The van der Waals surface area contributed by atoms with Gasteiger partial charge in [-0.25, -0.2) is 0 Å². The molecule has 2 aromatic carbocycles. The number of phenols is 1. The molecule has 0 saturated heterocycles. The third-order valence-corrected chi connectivity index (χ3v) is 5.51. The largest absolute Gasteiger partial charge is 0.507 e. The van der Waals surface area contributed by atoms with E-state index in [9.17, 15) is 5.11 Å². The Morgan fingerprint density at radius 1 is 1.17 bits per heavy atom. The number of phenolic OH excluding ortho intramolecular Hbond substituents is 1. The minimum Gasteiger partial charge on any atom is -0.507 e. The highest BCUT2D eigenvalue weighted by atomic mass is 16.3. The number of nitrogens with zero attached hydrogens (tertiary/aromatic N) is 1. The predicted octanol–water partition coefficient (Wildman–Crippen LogP) is 4.54.